The molecule has 3 nitrogen and oxygen atoms in total. The average molecular weight is 405 g/mol. The number of nitrogens with zero attached hydrogens (tertiary/aromatic N) is 2. The van der Waals surface area contributed by atoms with Crippen molar-refractivity contribution >= 4 is 45.8 Å². The van der Waals surface area contributed by atoms with E-state index >= 15 is 0 Å². The zero-order valence-electron chi connectivity index (χ0n) is 11.3. The van der Waals surface area contributed by atoms with Gasteiger partial charge in [0.2, 0.25) is 0 Å². The van der Waals surface area contributed by atoms with Gasteiger partial charge in [0.05, 0.1) is 14.6 Å². The summed E-state index contributed by atoms with van der Waals surface area (Å²) in [5.74, 6) is -0.186. The second kappa shape index (κ2) is 5.73. The fraction of sp³-hybridized carbons (Fsp3) is 0.500. The summed E-state index contributed by atoms with van der Waals surface area (Å²) in [5.41, 5.74) is 1.77. The molecule has 0 saturated carbocycles. The first-order valence-electron chi connectivity index (χ1n) is 6.88. The van der Waals surface area contributed by atoms with E-state index in [1.54, 1.807) is 6.07 Å². The Balaban J connectivity index is 1.99. The van der Waals surface area contributed by atoms with Crippen molar-refractivity contribution in [1.29, 1.82) is 0 Å². The summed E-state index contributed by atoms with van der Waals surface area (Å²) < 4.78 is 17.2. The summed E-state index contributed by atoms with van der Waals surface area (Å²) in [7, 11) is 0. The highest BCUT2D eigenvalue weighted by Crippen LogP contribution is 2.24. The number of halogens is 2. The summed E-state index contributed by atoms with van der Waals surface area (Å²) in [4.78, 5) is 5.64. The first-order chi connectivity index (χ1) is 9.56. The molecule has 2 aromatic rings. The molecule has 1 aliphatic rings. The smallest absolute Gasteiger partial charge is 0.178 e. The summed E-state index contributed by atoms with van der Waals surface area (Å²) in [6.45, 7) is 5.44. The number of likely N-dealkylation sites (tertiary alicyclic amines) is 1. The Labute approximate surface area is 136 Å². The van der Waals surface area contributed by atoms with E-state index < -0.39 is 0 Å². The lowest BCUT2D eigenvalue weighted by Gasteiger charge is -2.22. The molecule has 1 aromatic carbocycles. The van der Waals surface area contributed by atoms with Crippen LogP contribution in [0.5, 0.6) is 0 Å². The Morgan fingerprint density at radius 2 is 2.10 bits per heavy atom. The maximum Gasteiger partial charge on any atom is 0.178 e. The highest BCUT2D eigenvalue weighted by molar-refractivity contribution is 14.1. The van der Waals surface area contributed by atoms with Crippen LogP contribution in [0, 0.1) is 14.2 Å². The van der Waals surface area contributed by atoms with Crippen LogP contribution in [0.2, 0.25) is 0 Å². The quantitative estimate of drug-likeness (QED) is 0.614. The molecule has 1 fully saturated rings. The van der Waals surface area contributed by atoms with Crippen molar-refractivity contribution in [2.24, 2.45) is 0 Å². The van der Waals surface area contributed by atoms with Crippen LogP contribution in [0.4, 0.5) is 4.39 Å². The summed E-state index contributed by atoms with van der Waals surface area (Å²) in [6.07, 6.45) is 2.55. The predicted octanol–water partition coefficient (Wildman–Crippen LogP) is 4.10. The largest absolute Gasteiger partial charge is 0.331 e. The molecule has 20 heavy (non-hydrogen) atoms. The number of aromatic nitrogens is 2. The van der Waals surface area contributed by atoms with Gasteiger partial charge in [-0.25, -0.2) is 4.39 Å². The van der Waals surface area contributed by atoms with Gasteiger partial charge in [-0.05, 0) is 73.7 Å². The molecule has 1 N–H and O–H groups in total. The highest BCUT2D eigenvalue weighted by Gasteiger charge is 2.18. The second-order valence-corrected chi connectivity index (χ2v) is 6.99. The monoisotopic (exact) mass is 405 g/mol. The Morgan fingerprint density at radius 3 is 2.80 bits per heavy atom. The van der Waals surface area contributed by atoms with Gasteiger partial charge in [0.15, 0.2) is 4.77 Å². The van der Waals surface area contributed by atoms with Crippen molar-refractivity contribution in [3.63, 3.8) is 0 Å². The van der Waals surface area contributed by atoms with E-state index in [9.17, 15) is 4.39 Å². The molecular weight excluding hydrogens is 388 g/mol. The molecule has 0 bridgehead atoms. The van der Waals surface area contributed by atoms with Gasteiger partial charge in [0, 0.05) is 18.7 Å². The maximum absolute atomic E-state index is 13.8. The number of aromatic amines is 1. The highest BCUT2D eigenvalue weighted by atomic mass is 127. The Bertz CT molecular complexity index is 688. The summed E-state index contributed by atoms with van der Waals surface area (Å²) in [6, 6.07) is 3.65. The third-order valence-corrected chi connectivity index (χ3v) is 5.05. The third kappa shape index (κ3) is 2.65. The lowest BCUT2D eigenvalue weighted by molar-refractivity contribution is 0.289. The van der Waals surface area contributed by atoms with E-state index in [2.05, 4.69) is 16.8 Å². The number of fused-ring (bicyclic) bond motifs is 1. The zero-order chi connectivity index (χ0) is 14.3. The van der Waals surface area contributed by atoms with E-state index in [1.807, 2.05) is 33.2 Å². The molecular formula is C14H17FIN3S. The molecule has 108 valence electrons. The molecule has 3 rings (SSSR count). The van der Waals surface area contributed by atoms with Gasteiger partial charge in [-0.2, -0.15) is 0 Å². The number of H-pyrrole nitrogens is 1. The minimum absolute atomic E-state index is 0.186. The van der Waals surface area contributed by atoms with Gasteiger partial charge in [-0.15, -0.1) is 0 Å². The molecule has 1 unspecified atom stereocenters. The standard InChI is InChI=1S/C14H17FIN3S/c1-9(8-18-4-2-3-5-18)19-13-6-10(15)11(16)7-12(13)17-14(19)20/h6-7,9H,2-5,8H2,1H3,(H,17,20). The van der Waals surface area contributed by atoms with Crippen molar-refractivity contribution < 1.29 is 4.39 Å². The molecule has 6 heteroatoms. The van der Waals surface area contributed by atoms with Crippen molar-refractivity contribution in [3.8, 4) is 0 Å². The molecule has 1 aliphatic heterocycles. The predicted molar refractivity (Wildman–Crippen MR) is 90.2 cm³/mol. The van der Waals surface area contributed by atoms with Crippen LogP contribution >= 0.6 is 34.8 Å². The van der Waals surface area contributed by atoms with Gasteiger partial charge < -0.3 is 14.5 Å². The van der Waals surface area contributed by atoms with Crippen LogP contribution in [0.25, 0.3) is 11.0 Å². The molecule has 0 radical (unpaired) electrons. The van der Waals surface area contributed by atoms with Gasteiger partial charge in [0.25, 0.3) is 0 Å². The molecule has 2 heterocycles. The third-order valence-electron chi connectivity index (χ3n) is 3.92. The van der Waals surface area contributed by atoms with E-state index in [4.69, 9.17) is 12.2 Å². The number of nitrogens with one attached hydrogen (secondary N) is 1. The Kier molecular flexibility index (Phi) is 4.14. The number of benzene rings is 1. The summed E-state index contributed by atoms with van der Waals surface area (Å²) >= 11 is 7.43. The molecule has 1 saturated heterocycles. The van der Waals surface area contributed by atoms with Crippen molar-refractivity contribution in [3.05, 3.63) is 26.3 Å². The van der Waals surface area contributed by atoms with Gasteiger partial charge >= 0.3 is 0 Å². The molecule has 0 amide bonds. The van der Waals surface area contributed by atoms with Crippen LogP contribution < -0.4 is 0 Å². The molecule has 0 spiro atoms. The van der Waals surface area contributed by atoms with Crippen LogP contribution in [0.1, 0.15) is 25.8 Å². The Hall–Kier alpha value is -0.470. The fourth-order valence-electron chi connectivity index (χ4n) is 2.98. The SMILES string of the molecule is CC(CN1CCCC1)n1c(=S)[nH]c2cc(I)c(F)cc21. The van der Waals surface area contributed by atoms with Crippen molar-refractivity contribution in [1.82, 2.24) is 14.5 Å². The van der Waals surface area contributed by atoms with Crippen molar-refractivity contribution in [2.45, 2.75) is 25.8 Å². The lowest BCUT2D eigenvalue weighted by atomic mass is 10.2. The first-order valence-corrected chi connectivity index (χ1v) is 8.36. The molecule has 1 aromatic heterocycles. The number of hydrogen-bond donors (Lipinski definition) is 1. The molecule has 0 aliphatic carbocycles. The minimum atomic E-state index is -0.186. The normalized spacial score (nSPS) is 17.9. The van der Waals surface area contributed by atoms with Crippen molar-refractivity contribution in [2.75, 3.05) is 19.6 Å². The summed E-state index contributed by atoms with van der Waals surface area (Å²) in [5, 5.41) is 0. The number of imidazole rings is 1. The Morgan fingerprint density at radius 1 is 1.40 bits per heavy atom. The van der Waals surface area contributed by atoms with Crippen LogP contribution in [-0.4, -0.2) is 34.1 Å². The van der Waals surface area contributed by atoms with E-state index in [1.165, 1.54) is 12.8 Å². The fourth-order valence-corrected chi connectivity index (χ4v) is 3.83. The van der Waals surface area contributed by atoms with Crippen LogP contribution in [0.15, 0.2) is 12.1 Å². The number of rotatable bonds is 3. The average Bonchev–Trinajstić information content (AvgIpc) is 2.97. The van der Waals surface area contributed by atoms with E-state index in [0.29, 0.717) is 8.34 Å². The molecule has 1 atom stereocenters. The van der Waals surface area contributed by atoms with Gasteiger partial charge in [0.1, 0.15) is 5.82 Å². The number of hydrogen-bond acceptors (Lipinski definition) is 2. The zero-order valence-corrected chi connectivity index (χ0v) is 14.3. The van der Waals surface area contributed by atoms with E-state index in [0.717, 1.165) is 30.7 Å². The van der Waals surface area contributed by atoms with Gasteiger partial charge in [-0.1, -0.05) is 0 Å². The van der Waals surface area contributed by atoms with Crippen LogP contribution in [-0.2, 0) is 0 Å². The van der Waals surface area contributed by atoms with Crippen LogP contribution in [0.3, 0.4) is 0 Å². The second-order valence-electron chi connectivity index (χ2n) is 5.44. The lowest BCUT2D eigenvalue weighted by Crippen LogP contribution is -2.27. The minimum Gasteiger partial charge on any atom is -0.331 e. The van der Waals surface area contributed by atoms with Gasteiger partial charge in [-0.3, -0.25) is 0 Å². The first kappa shape index (κ1) is 14.5. The maximum atomic E-state index is 13.8. The van der Waals surface area contributed by atoms with E-state index in [-0.39, 0.29) is 11.9 Å². The topological polar surface area (TPSA) is 24.0 Å².